The van der Waals surface area contributed by atoms with Crippen molar-refractivity contribution in [1.29, 1.82) is 0 Å². The Balaban J connectivity index is 2.16. The predicted octanol–water partition coefficient (Wildman–Crippen LogP) is 5.80. The number of aromatic nitrogens is 1. The maximum Gasteiger partial charge on any atom is 0.337 e. The van der Waals surface area contributed by atoms with Crippen molar-refractivity contribution in [3.8, 4) is 11.1 Å². The number of carboxylic acid groups (broad SMARTS) is 1. The van der Waals surface area contributed by atoms with Crippen LogP contribution in [-0.2, 0) is 16.1 Å². The number of rotatable bonds is 4. The fourth-order valence-corrected chi connectivity index (χ4v) is 4.77. The summed E-state index contributed by atoms with van der Waals surface area (Å²) < 4.78 is 21.8. The molecule has 0 fully saturated rings. The maximum absolute atomic E-state index is 13.7. The van der Waals surface area contributed by atoms with Crippen LogP contribution in [0.25, 0.3) is 22.0 Å². The first-order chi connectivity index (χ1) is 14.5. The van der Waals surface area contributed by atoms with E-state index in [9.17, 15) is 14.3 Å². The molecule has 31 heavy (non-hydrogen) atoms. The van der Waals surface area contributed by atoms with Gasteiger partial charge in [-0.25, -0.2) is 9.18 Å². The lowest BCUT2D eigenvalue weighted by Crippen LogP contribution is -2.31. The Morgan fingerprint density at radius 1 is 1.23 bits per heavy atom. The largest absolute Gasteiger partial charge is 0.479 e. The number of hydrogen-bond acceptors (Lipinski definition) is 3. The Hall–Kier alpha value is -2.57. The van der Waals surface area contributed by atoms with E-state index < -0.39 is 17.7 Å². The van der Waals surface area contributed by atoms with Crippen LogP contribution in [0, 0.1) is 12.7 Å². The first-order valence-corrected chi connectivity index (χ1v) is 10.6. The Labute approximate surface area is 186 Å². The minimum Gasteiger partial charge on any atom is -0.479 e. The number of likely N-dealkylation sites (N-methyl/N-ethyl adjacent to an activating group) is 1. The summed E-state index contributed by atoms with van der Waals surface area (Å²) in [6, 6.07) is 7.97. The smallest absolute Gasteiger partial charge is 0.337 e. The van der Waals surface area contributed by atoms with E-state index in [-0.39, 0.29) is 5.82 Å². The molecule has 0 saturated carbocycles. The third-order valence-electron chi connectivity index (χ3n) is 5.70. The molecular formula is C24H26ClFN2O3. The monoisotopic (exact) mass is 444 g/mol. The summed E-state index contributed by atoms with van der Waals surface area (Å²) in [5.41, 5.74) is 4.04. The SMILES string of the molecule is Cc1c([C@H](OC(C)(C)C)C(=O)O)c(-c2ccc(F)cc2)c2cc(Cl)n3c2c1N(C)CC3. The topological polar surface area (TPSA) is 54.7 Å². The molecule has 1 aliphatic heterocycles. The molecule has 2 heterocycles. The van der Waals surface area contributed by atoms with Crippen LogP contribution in [0.1, 0.15) is 38.0 Å². The van der Waals surface area contributed by atoms with Crippen molar-refractivity contribution in [2.75, 3.05) is 18.5 Å². The number of benzene rings is 2. The molecule has 0 saturated heterocycles. The van der Waals surface area contributed by atoms with Gasteiger partial charge in [0, 0.05) is 31.1 Å². The number of hydrogen-bond donors (Lipinski definition) is 1. The molecular weight excluding hydrogens is 419 g/mol. The molecule has 0 bridgehead atoms. The van der Waals surface area contributed by atoms with Gasteiger partial charge in [-0.05, 0) is 62.6 Å². The minimum absolute atomic E-state index is 0.355. The second-order valence-electron chi connectivity index (χ2n) is 9.02. The summed E-state index contributed by atoms with van der Waals surface area (Å²) >= 11 is 6.60. The Morgan fingerprint density at radius 2 is 1.87 bits per heavy atom. The van der Waals surface area contributed by atoms with Gasteiger partial charge in [-0.15, -0.1) is 0 Å². The molecule has 1 aliphatic rings. The lowest BCUT2D eigenvalue weighted by molar-refractivity contribution is -0.160. The van der Waals surface area contributed by atoms with Crippen molar-refractivity contribution in [3.63, 3.8) is 0 Å². The van der Waals surface area contributed by atoms with Gasteiger partial charge >= 0.3 is 5.97 Å². The zero-order chi connectivity index (χ0) is 22.7. The number of nitrogens with zero attached hydrogens (tertiary/aromatic N) is 2. The summed E-state index contributed by atoms with van der Waals surface area (Å²) in [4.78, 5) is 14.6. The van der Waals surface area contributed by atoms with Gasteiger partial charge in [0.15, 0.2) is 6.10 Å². The lowest BCUT2D eigenvalue weighted by atomic mass is 9.87. The second-order valence-corrected chi connectivity index (χ2v) is 9.41. The van der Waals surface area contributed by atoms with Crippen molar-refractivity contribution >= 4 is 34.2 Å². The summed E-state index contributed by atoms with van der Waals surface area (Å²) in [6.07, 6.45) is -1.20. The molecule has 0 spiro atoms. The van der Waals surface area contributed by atoms with Crippen LogP contribution in [0.4, 0.5) is 10.1 Å². The summed E-state index contributed by atoms with van der Waals surface area (Å²) in [5, 5.41) is 11.6. The highest BCUT2D eigenvalue weighted by Gasteiger charge is 2.35. The van der Waals surface area contributed by atoms with Crippen molar-refractivity contribution in [2.24, 2.45) is 0 Å². The van der Waals surface area contributed by atoms with E-state index in [1.165, 1.54) is 12.1 Å². The molecule has 3 aromatic rings. The Morgan fingerprint density at radius 3 is 2.45 bits per heavy atom. The molecule has 0 radical (unpaired) electrons. The highest BCUT2D eigenvalue weighted by molar-refractivity contribution is 6.31. The molecule has 2 aromatic carbocycles. The average molecular weight is 445 g/mol. The Kier molecular flexibility index (Phi) is 5.26. The molecule has 0 aliphatic carbocycles. The van der Waals surface area contributed by atoms with E-state index in [1.807, 2.05) is 40.8 Å². The summed E-state index contributed by atoms with van der Waals surface area (Å²) in [5.74, 6) is -1.43. The van der Waals surface area contributed by atoms with Crippen LogP contribution in [0.2, 0.25) is 5.15 Å². The van der Waals surface area contributed by atoms with Crippen LogP contribution < -0.4 is 4.90 Å². The molecule has 164 valence electrons. The van der Waals surface area contributed by atoms with Gasteiger partial charge in [-0.2, -0.15) is 0 Å². The van der Waals surface area contributed by atoms with Gasteiger partial charge in [-0.3, -0.25) is 0 Å². The van der Waals surface area contributed by atoms with Gasteiger partial charge in [0.1, 0.15) is 11.0 Å². The third-order valence-corrected chi connectivity index (χ3v) is 6.01. The van der Waals surface area contributed by atoms with Crippen molar-refractivity contribution in [3.05, 3.63) is 52.4 Å². The molecule has 1 N–H and O–H groups in total. The number of ether oxygens (including phenoxy) is 1. The van der Waals surface area contributed by atoms with Crippen molar-refractivity contribution in [1.82, 2.24) is 4.57 Å². The molecule has 1 atom stereocenters. The third kappa shape index (κ3) is 3.68. The van der Waals surface area contributed by atoms with Gasteiger partial charge in [0.05, 0.1) is 16.8 Å². The van der Waals surface area contributed by atoms with Crippen LogP contribution in [-0.4, -0.2) is 34.8 Å². The zero-order valence-electron chi connectivity index (χ0n) is 18.3. The predicted molar refractivity (Wildman–Crippen MR) is 122 cm³/mol. The fourth-order valence-electron chi connectivity index (χ4n) is 4.49. The summed E-state index contributed by atoms with van der Waals surface area (Å²) in [7, 11) is 1.99. The van der Waals surface area contributed by atoms with E-state index in [0.29, 0.717) is 16.3 Å². The van der Waals surface area contributed by atoms with Crippen molar-refractivity contribution in [2.45, 2.75) is 45.9 Å². The summed E-state index contributed by atoms with van der Waals surface area (Å²) in [6.45, 7) is 8.90. The van der Waals surface area contributed by atoms with E-state index in [1.54, 1.807) is 12.1 Å². The average Bonchev–Trinajstić information content (AvgIpc) is 3.00. The molecule has 4 rings (SSSR count). The number of halogens is 2. The zero-order valence-corrected chi connectivity index (χ0v) is 19.0. The first kappa shape index (κ1) is 21.7. The highest BCUT2D eigenvalue weighted by Crippen LogP contribution is 2.48. The number of anilines is 1. The molecule has 1 aromatic heterocycles. The van der Waals surface area contributed by atoms with E-state index in [4.69, 9.17) is 16.3 Å². The van der Waals surface area contributed by atoms with Gasteiger partial charge in [0.25, 0.3) is 0 Å². The van der Waals surface area contributed by atoms with Crippen LogP contribution in [0.5, 0.6) is 0 Å². The quantitative estimate of drug-likeness (QED) is 0.552. The molecule has 5 nitrogen and oxygen atoms in total. The normalized spacial score (nSPS) is 14.9. The molecule has 0 amide bonds. The van der Waals surface area contributed by atoms with E-state index >= 15 is 0 Å². The second kappa shape index (κ2) is 7.53. The maximum atomic E-state index is 13.7. The van der Waals surface area contributed by atoms with E-state index in [0.717, 1.165) is 40.8 Å². The molecule has 7 heteroatoms. The first-order valence-electron chi connectivity index (χ1n) is 10.2. The molecule has 0 unspecified atom stereocenters. The van der Waals surface area contributed by atoms with Crippen LogP contribution >= 0.6 is 11.6 Å². The number of carbonyl (C=O) groups is 1. The fraction of sp³-hybridized carbons (Fsp3) is 0.375. The number of aliphatic carboxylic acids is 1. The van der Waals surface area contributed by atoms with Gasteiger partial charge < -0.3 is 19.3 Å². The van der Waals surface area contributed by atoms with Crippen molar-refractivity contribution < 1.29 is 19.0 Å². The number of carboxylic acids is 1. The minimum atomic E-state index is -1.20. The standard InChI is InChI=1S/C24H26ClFN2O3/c1-13-18(22(23(29)30)31-24(2,3)4)19(14-6-8-15(26)9-7-14)16-12-17(25)28-11-10-27(5)20(13)21(16)28/h6-9,12,22H,10-11H2,1-5H3,(H,29,30)/t22-/m0/s1. The van der Waals surface area contributed by atoms with Gasteiger partial charge in [0.2, 0.25) is 0 Å². The highest BCUT2D eigenvalue weighted by atomic mass is 35.5. The van der Waals surface area contributed by atoms with Crippen LogP contribution in [0.3, 0.4) is 0 Å². The van der Waals surface area contributed by atoms with Gasteiger partial charge in [-0.1, -0.05) is 23.7 Å². The van der Waals surface area contributed by atoms with E-state index in [2.05, 4.69) is 9.47 Å². The Bertz CT molecular complexity index is 1180. The van der Waals surface area contributed by atoms with Crippen LogP contribution in [0.15, 0.2) is 30.3 Å². The lowest BCUT2D eigenvalue weighted by Gasteiger charge is -2.34.